The molecule has 1 aliphatic rings. The second-order valence-electron chi connectivity index (χ2n) is 8.00. The second kappa shape index (κ2) is 7.44. The first kappa shape index (κ1) is 18.6. The van der Waals surface area contributed by atoms with Gasteiger partial charge in [0.25, 0.3) is 11.5 Å². The highest BCUT2D eigenvalue weighted by atomic mass is 16.1. The van der Waals surface area contributed by atoms with Crippen molar-refractivity contribution in [3.63, 3.8) is 0 Å². The first-order valence-corrected chi connectivity index (χ1v) is 10.5. The molecule has 1 aliphatic heterocycles. The quantitative estimate of drug-likeness (QED) is 0.547. The maximum Gasteiger partial charge on any atom is 0.261 e. The van der Waals surface area contributed by atoms with Gasteiger partial charge in [0.2, 0.25) is 0 Å². The molecule has 0 radical (unpaired) electrons. The van der Waals surface area contributed by atoms with E-state index in [0.29, 0.717) is 16.5 Å². The normalized spacial score (nSPS) is 14.3. The molecule has 0 aliphatic carbocycles. The Morgan fingerprint density at radius 2 is 1.90 bits per heavy atom. The van der Waals surface area contributed by atoms with Crippen LogP contribution < -0.4 is 10.9 Å². The van der Waals surface area contributed by atoms with Crippen LogP contribution in [0.5, 0.6) is 0 Å². The van der Waals surface area contributed by atoms with Gasteiger partial charge in [0, 0.05) is 42.7 Å². The van der Waals surface area contributed by atoms with Crippen LogP contribution in [0.15, 0.2) is 53.5 Å². The molecule has 30 heavy (non-hydrogen) atoms. The van der Waals surface area contributed by atoms with Gasteiger partial charge in [0.05, 0.1) is 16.6 Å². The van der Waals surface area contributed by atoms with Crippen molar-refractivity contribution in [1.29, 1.82) is 0 Å². The van der Waals surface area contributed by atoms with Crippen molar-refractivity contribution in [1.82, 2.24) is 14.1 Å². The second-order valence-corrected chi connectivity index (χ2v) is 8.00. The minimum atomic E-state index is -0.207. The number of benzene rings is 2. The Hall–Kier alpha value is -3.41. The number of hydrogen-bond acceptors (Lipinski definition) is 3. The average Bonchev–Trinajstić information content (AvgIpc) is 3.11. The van der Waals surface area contributed by atoms with E-state index in [2.05, 4.69) is 5.32 Å². The molecule has 0 spiro atoms. The van der Waals surface area contributed by atoms with E-state index in [4.69, 9.17) is 4.98 Å². The summed E-state index contributed by atoms with van der Waals surface area (Å²) >= 11 is 0. The number of nitrogens with zero attached hydrogens (tertiary/aromatic N) is 3. The highest BCUT2D eigenvalue weighted by Crippen LogP contribution is 2.25. The summed E-state index contributed by atoms with van der Waals surface area (Å²) in [4.78, 5) is 30.7. The number of rotatable bonds is 2. The third-order valence-electron chi connectivity index (χ3n) is 6.00. The summed E-state index contributed by atoms with van der Waals surface area (Å²) in [6.45, 7) is 0.723. The van der Waals surface area contributed by atoms with Crippen LogP contribution in [0, 0.1) is 0 Å². The van der Waals surface area contributed by atoms with Crippen LogP contribution in [0.2, 0.25) is 0 Å². The monoisotopic (exact) mass is 400 g/mol. The number of aromatic nitrogens is 3. The summed E-state index contributed by atoms with van der Waals surface area (Å²) in [5, 5.41) is 4.57. The van der Waals surface area contributed by atoms with Gasteiger partial charge < -0.3 is 9.88 Å². The molecule has 6 nitrogen and oxygen atoms in total. The molecule has 2 aromatic heterocycles. The predicted molar refractivity (Wildman–Crippen MR) is 119 cm³/mol. The highest BCUT2D eigenvalue weighted by Gasteiger charge is 2.15. The zero-order valence-electron chi connectivity index (χ0n) is 17.0. The van der Waals surface area contributed by atoms with Crippen LogP contribution in [0.3, 0.4) is 0 Å². The number of carbonyl (C=O) groups excluding carboxylic acids is 1. The molecule has 2 aromatic carbocycles. The molecule has 0 atom stereocenters. The summed E-state index contributed by atoms with van der Waals surface area (Å²) in [6, 6.07) is 13.0. The lowest BCUT2D eigenvalue weighted by Crippen LogP contribution is -2.26. The largest absolute Gasteiger partial charge is 0.350 e. The number of nitrogens with one attached hydrogen (secondary N) is 1. The fraction of sp³-hybridized carbons (Fsp3) is 0.292. The van der Waals surface area contributed by atoms with E-state index in [1.54, 1.807) is 18.2 Å². The molecule has 1 N–H and O–H groups in total. The molecule has 3 heterocycles. The summed E-state index contributed by atoms with van der Waals surface area (Å²) < 4.78 is 3.84. The lowest BCUT2D eigenvalue weighted by atomic mass is 10.1. The molecule has 5 rings (SSSR count). The van der Waals surface area contributed by atoms with Crippen LogP contribution in [0.4, 0.5) is 5.69 Å². The Morgan fingerprint density at radius 3 is 2.80 bits per heavy atom. The van der Waals surface area contributed by atoms with E-state index in [1.807, 2.05) is 46.6 Å². The van der Waals surface area contributed by atoms with E-state index >= 15 is 0 Å². The number of amides is 1. The summed E-state index contributed by atoms with van der Waals surface area (Å²) in [7, 11) is 1.98. The highest BCUT2D eigenvalue weighted by molar-refractivity contribution is 6.10. The molecule has 6 heteroatoms. The Morgan fingerprint density at radius 1 is 1.03 bits per heavy atom. The summed E-state index contributed by atoms with van der Waals surface area (Å²) in [5.41, 5.74) is 2.91. The van der Waals surface area contributed by atoms with Crippen molar-refractivity contribution < 1.29 is 4.79 Å². The van der Waals surface area contributed by atoms with Gasteiger partial charge in [-0.2, -0.15) is 0 Å². The summed E-state index contributed by atoms with van der Waals surface area (Å²) in [5.74, 6) is 0.626. The molecular weight excluding hydrogens is 376 g/mol. The van der Waals surface area contributed by atoms with E-state index in [1.165, 1.54) is 6.42 Å². The standard InChI is InChI=1S/C24H24N4O2/c1-27-14-12-17-19(7-6-8-21(17)27)26-23(29)16-10-11-18-20(15-16)25-22-9-4-2-3-5-13-28(22)24(18)30/h6-8,10-12,14-15H,2-5,9,13H2,1H3,(H,26,29). The van der Waals surface area contributed by atoms with Crippen molar-refractivity contribution >= 4 is 33.4 Å². The Balaban J connectivity index is 1.52. The first-order chi connectivity index (χ1) is 14.6. The fourth-order valence-corrected chi connectivity index (χ4v) is 4.34. The smallest absolute Gasteiger partial charge is 0.261 e. The average molecular weight is 400 g/mol. The van der Waals surface area contributed by atoms with Crippen molar-refractivity contribution in [3.05, 3.63) is 70.4 Å². The van der Waals surface area contributed by atoms with Gasteiger partial charge in [-0.25, -0.2) is 4.98 Å². The van der Waals surface area contributed by atoms with Crippen molar-refractivity contribution in [3.8, 4) is 0 Å². The predicted octanol–water partition coefficient (Wildman–Crippen LogP) is 4.26. The molecule has 0 fully saturated rings. The third kappa shape index (κ3) is 3.18. The van der Waals surface area contributed by atoms with Crippen molar-refractivity contribution in [2.24, 2.45) is 7.05 Å². The van der Waals surface area contributed by atoms with Gasteiger partial charge in [-0.05, 0) is 49.2 Å². The minimum absolute atomic E-state index is 0.00193. The number of aryl methyl sites for hydroxylation is 2. The molecular formula is C24H24N4O2. The third-order valence-corrected chi connectivity index (χ3v) is 6.00. The van der Waals surface area contributed by atoms with Crippen LogP contribution in [0.25, 0.3) is 21.8 Å². The van der Waals surface area contributed by atoms with Crippen LogP contribution >= 0.6 is 0 Å². The zero-order chi connectivity index (χ0) is 20.7. The van der Waals surface area contributed by atoms with Crippen molar-refractivity contribution in [2.75, 3.05) is 5.32 Å². The lowest BCUT2D eigenvalue weighted by Gasteiger charge is -2.16. The first-order valence-electron chi connectivity index (χ1n) is 10.5. The molecule has 0 saturated heterocycles. The number of carbonyl (C=O) groups is 1. The molecule has 4 aromatic rings. The van der Waals surface area contributed by atoms with Gasteiger partial charge in [-0.15, -0.1) is 0 Å². The maximum absolute atomic E-state index is 13.0. The number of anilines is 1. The topological polar surface area (TPSA) is 68.9 Å². The van der Waals surface area contributed by atoms with Gasteiger partial charge in [0.15, 0.2) is 0 Å². The molecule has 152 valence electrons. The van der Waals surface area contributed by atoms with Crippen LogP contribution in [0.1, 0.15) is 41.9 Å². The van der Waals surface area contributed by atoms with Crippen LogP contribution in [-0.2, 0) is 20.0 Å². The van der Waals surface area contributed by atoms with E-state index in [0.717, 1.165) is 54.6 Å². The Bertz CT molecular complexity index is 1330. The summed E-state index contributed by atoms with van der Waals surface area (Å²) in [6.07, 6.45) is 7.14. The van der Waals surface area contributed by atoms with E-state index < -0.39 is 0 Å². The van der Waals surface area contributed by atoms with Gasteiger partial charge in [0.1, 0.15) is 5.82 Å². The minimum Gasteiger partial charge on any atom is -0.350 e. The molecule has 0 bridgehead atoms. The van der Waals surface area contributed by atoms with Gasteiger partial charge >= 0.3 is 0 Å². The number of hydrogen-bond donors (Lipinski definition) is 1. The van der Waals surface area contributed by atoms with E-state index in [-0.39, 0.29) is 11.5 Å². The molecule has 0 unspecified atom stereocenters. The molecule has 1 amide bonds. The maximum atomic E-state index is 13.0. The Kier molecular flexibility index (Phi) is 4.62. The fourth-order valence-electron chi connectivity index (χ4n) is 4.34. The SMILES string of the molecule is Cn1ccc2c(NC(=O)c3ccc4c(=O)n5c(nc4c3)CCCCCC5)cccc21. The van der Waals surface area contributed by atoms with Gasteiger partial charge in [-0.3, -0.25) is 14.2 Å². The number of fused-ring (bicyclic) bond motifs is 3. The Labute approximate surface area is 174 Å². The van der Waals surface area contributed by atoms with E-state index in [9.17, 15) is 9.59 Å². The van der Waals surface area contributed by atoms with Crippen molar-refractivity contribution in [2.45, 2.75) is 38.6 Å². The zero-order valence-corrected chi connectivity index (χ0v) is 17.0. The molecule has 0 saturated carbocycles. The van der Waals surface area contributed by atoms with Crippen LogP contribution in [-0.4, -0.2) is 20.0 Å². The lowest BCUT2D eigenvalue weighted by molar-refractivity contribution is 0.102. The van der Waals surface area contributed by atoms with Gasteiger partial charge in [-0.1, -0.05) is 18.9 Å².